The molecule has 0 unspecified atom stereocenters. The molecule has 1 rings (SSSR count). The van der Waals surface area contributed by atoms with E-state index in [1.807, 2.05) is 0 Å². The highest BCUT2D eigenvalue weighted by atomic mass is 16.5. The largest absolute Gasteiger partial charge is 0.379 e. The van der Waals surface area contributed by atoms with Crippen molar-refractivity contribution in [3.05, 3.63) is 0 Å². The molecule has 0 radical (unpaired) electrons. The number of urea groups is 1. The Balaban J connectivity index is 2.24. The Morgan fingerprint density at radius 1 is 1.56 bits per heavy atom. The molecule has 1 heterocycles. The Morgan fingerprint density at radius 3 is 3.00 bits per heavy atom. The van der Waals surface area contributed by atoms with Crippen molar-refractivity contribution in [1.29, 1.82) is 0 Å². The zero-order valence-corrected chi connectivity index (χ0v) is 11.5. The third-order valence-electron chi connectivity index (χ3n) is 3.06. The van der Waals surface area contributed by atoms with Crippen LogP contribution in [0.1, 0.15) is 20.8 Å². The van der Waals surface area contributed by atoms with E-state index >= 15 is 0 Å². The van der Waals surface area contributed by atoms with Crippen LogP contribution >= 0.6 is 0 Å². The standard InChI is InChI=1S/C13H23N3O2/c1-4-5-6-14-13(17)15-9-11(2)16-7-8-18-10-12(16)3/h11-12H,6-10H2,1-3H3,(H2,14,15,17)/t11-,12+/m0/s1. The second-order valence-electron chi connectivity index (χ2n) is 4.50. The quantitative estimate of drug-likeness (QED) is 0.714. The fraction of sp³-hybridized carbons (Fsp3) is 0.769. The van der Waals surface area contributed by atoms with Crippen LogP contribution in [0.3, 0.4) is 0 Å². The Morgan fingerprint density at radius 2 is 2.33 bits per heavy atom. The van der Waals surface area contributed by atoms with Gasteiger partial charge in [0.15, 0.2) is 0 Å². The van der Waals surface area contributed by atoms with E-state index in [1.165, 1.54) is 0 Å². The number of carbonyl (C=O) groups is 1. The lowest BCUT2D eigenvalue weighted by molar-refractivity contribution is -0.0176. The number of ether oxygens (including phenoxy) is 1. The van der Waals surface area contributed by atoms with E-state index in [4.69, 9.17) is 4.74 Å². The van der Waals surface area contributed by atoms with Gasteiger partial charge in [0.2, 0.25) is 0 Å². The van der Waals surface area contributed by atoms with Crippen molar-refractivity contribution in [3.63, 3.8) is 0 Å². The summed E-state index contributed by atoms with van der Waals surface area (Å²) in [5.41, 5.74) is 0. The third kappa shape index (κ3) is 4.94. The molecule has 0 aliphatic carbocycles. The van der Waals surface area contributed by atoms with Crippen molar-refractivity contribution in [2.24, 2.45) is 0 Å². The molecule has 5 nitrogen and oxygen atoms in total. The van der Waals surface area contributed by atoms with E-state index in [2.05, 4.69) is 41.2 Å². The maximum atomic E-state index is 11.5. The Labute approximate surface area is 109 Å². The van der Waals surface area contributed by atoms with E-state index in [1.54, 1.807) is 6.92 Å². The topological polar surface area (TPSA) is 53.6 Å². The molecule has 2 amide bonds. The van der Waals surface area contributed by atoms with Gasteiger partial charge in [-0.2, -0.15) is 0 Å². The number of hydrogen-bond donors (Lipinski definition) is 2. The Bertz CT molecular complexity index is 322. The molecule has 2 atom stereocenters. The third-order valence-corrected chi connectivity index (χ3v) is 3.06. The lowest BCUT2D eigenvalue weighted by Gasteiger charge is -2.37. The van der Waals surface area contributed by atoms with Gasteiger partial charge >= 0.3 is 6.03 Å². The number of carbonyl (C=O) groups excluding carboxylic acids is 1. The molecule has 0 bridgehead atoms. The van der Waals surface area contributed by atoms with Crippen molar-refractivity contribution in [3.8, 4) is 11.8 Å². The van der Waals surface area contributed by atoms with Crippen molar-refractivity contribution in [2.45, 2.75) is 32.9 Å². The zero-order valence-electron chi connectivity index (χ0n) is 11.5. The number of morpholine rings is 1. The second-order valence-corrected chi connectivity index (χ2v) is 4.50. The molecule has 5 heteroatoms. The molecular weight excluding hydrogens is 230 g/mol. The van der Waals surface area contributed by atoms with E-state index in [0.29, 0.717) is 25.2 Å². The number of amides is 2. The zero-order chi connectivity index (χ0) is 13.4. The van der Waals surface area contributed by atoms with E-state index in [0.717, 1.165) is 19.8 Å². The lowest BCUT2D eigenvalue weighted by atomic mass is 10.2. The van der Waals surface area contributed by atoms with Crippen LogP contribution < -0.4 is 10.6 Å². The van der Waals surface area contributed by atoms with Gasteiger partial charge in [0, 0.05) is 25.2 Å². The lowest BCUT2D eigenvalue weighted by Crippen LogP contribution is -2.52. The summed E-state index contributed by atoms with van der Waals surface area (Å²) in [6.45, 7) is 9.50. The first-order valence-corrected chi connectivity index (χ1v) is 6.40. The smallest absolute Gasteiger partial charge is 0.315 e. The summed E-state index contributed by atoms with van der Waals surface area (Å²) < 4.78 is 5.40. The van der Waals surface area contributed by atoms with Crippen LogP contribution in [0.2, 0.25) is 0 Å². The van der Waals surface area contributed by atoms with Gasteiger partial charge < -0.3 is 15.4 Å². The summed E-state index contributed by atoms with van der Waals surface area (Å²) in [5.74, 6) is 5.52. The highest BCUT2D eigenvalue weighted by Gasteiger charge is 2.23. The predicted molar refractivity (Wildman–Crippen MR) is 71.3 cm³/mol. The van der Waals surface area contributed by atoms with Crippen molar-refractivity contribution < 1.29 is 9.53 Å². The average molecular weight is 253 g/mol. The van der Waals surface area contributed by atoms with Gasteiger partial charge in [0.25, 0.3) is 0 Å². The van der Waals surface area contributed by atoms with Gasteiger partial charge in [-0.3, -0.25) is 4.90 Å². The molecule has 0 aromatic heterocycles. The second kappa shape index (κ2) is 7.96. The van der Waals surface area contributed by atoms with Gasteiger partial charge in [0.1, 0.15) is 0 Å². The Kier molecular flexibility index (Phi) is 6.55. The minimum atomic E-state index is -0.162. The molecule has 1 saturated heterocycles. The van der Waals surface area contributed by atoms with E-state index < -0.39 is 0 Å². The molecule has 2 N–H and O–H groups in total. The van der Waals surface area contributed by atoms with Crippen LogP contribution in [0, 0.1) is 11.8 Å². The van der Waals surface area contributed by atoms with Crippen LogP contribution in [0.15, 0.2) is 0 Å². The summed E-state index contributed by atoms with van der Waals surface area (Å²) in [4.78, 5) is 13.8. The van der Waals surface area contributed by atoms with Gasteiger partial charge in [-0.1, -0.05) is 5.92 Å². The van der Waals surface area contributed by atoms with Crippen LogP contribution in [0.25, 0.3) is 0 Å². The summed E-state index contributed by atoms with van der Waals surface area (Å²) >= 11 is 0. The molecule has 0 saturated carbocycles. The van der Waals surface area contributed by atoms with Gasteiger partial charge in [-0.25, -0.2) is 4.79 Å². The fourth-order valence-corrected chi connectivity index (χ4v) is 2.03. The SMILES string of the molecule is CC#CCNC(=O)NC[C@H](C)N1CCOC[C@H]1C. The molecule has 18 heavy (non-hydrogen) atoms. The van der Waals surface area contributed by atoms with E-state index in [-0.39, 0.29) is 6.03 Å². The molecule has 0 aromatic rings. The minimum Gasteiger partial charge on any atom is -0.379 e. The van der Waals surface area contributed by atoms with Crippen molar-refractivity contribution in [2.75, 3.05) is 32.8 Å². The summed E-state index contributed by atoms with van der Waals surface area (Å²) in [6.07, 6.45) is 0. The molecule has 1 aliphatic heterocycles. The molecule has 0 aromatic carbocycles. The number of nitrogens with zero attached hydrogens (tertiary/aromatic N) is 1. The number of hydrogen-bond acceptors (Lipinski definition) is 3. The highest BCUT2D eigenvalue weighted by molar-refractivity contribution is 5.74. The maximum Gasteiger partial charge on any atom is 0.315 e. The summed E-state index contributed by atoms with van der Waals surface area (Å²) in [7, 11) is 0. The first-order valence-electron chi connectivity index (χ1n) is 6.40. The monoisotopic (exact) mass is 253 g/mol. The van der Waals surface area contributed by atoms with Crippen LogP contribution in [-0.2, 0) is 4.74 Å². The first-order chi connectivity index (χ1) is 8.65. The van der Waals surface area contributed by atoms with Crippen LogP contribution in [-0.4, -0.2) is 55.9 Å². The first kappa shape index (κ1) is 14.8. The van der Waals surface area contributed by atoms with Crippen molar-refractivity contribution >= 4 is 6.03 Å². The molecule has 1 aliphatic rings. The maximum absolute atomic E-state index is 11.5. The Hall–Kier alpha value is -1.25. The average Bonchev–Trinajstić information content (AvgIpc) is 2.37. The van der Waals surface area contributed by atoms with Crippen molar-refractivity contribution in [1.82, 2.24) is 15.5 Å². The highest BCUT2D eigenvalue weighted by Crippen LogP contribution is 2.09. The molecular formula is C13H23N3O2. The molecule has 102 valence electrons. The summed E-state index contributed by atoms with van der Waals surface area (Å²) in [6, 6.07) is 0.557. The molecule has 0 spiro atoms. The number of rotatable bonds is 4. The predicted octanol–water partition coefficient (Wildman–Crippen LogP) is 0.418. The van der Waals surface area contributed by atoms with Gasteiger partial charge in [-0.05, 0) is 20.8 Å². The minimum absolute atomic E-state index is 0.162. The van der Waals surface area contributed by atoms with E-state index in [9.17, 15) is 4.79 Å². The fourth-order valence-electron chi connectivity index (χ4n) is 2.03. The molecule has 1 fully saturated rings. The normalized spacial score (nSPS) is 21.6. The van der Waals surface area contributed by atoms with Gasteiger partial charge in [0.05, 0.1) is 19.8 Å². The van der Waals surface area contributed by atoms with Gasteiger partial charge in [-0.15, -0.1) is 5.92 Å². The van der Waals surface area contributed by atoms with Crippen LogP contribution in [0.5, 0.6) is 0 Å². The van der Waals surface area contributed by atoms with Crippen LogP contribution in [0.4, 0.5) is 4.79 Å². The number of nitrogens with one attached hydrogen (secondary N) is 2. The summed E-state index contributed by atoms with van der Waals surface area (Å²) in [5, 5.41) is 5.55.